The van der Waals surface area contributed by atoms with E-state index < -0.39 is 6.10 Å². The Labute approximate surface area is 128 Å². The predicted octanol–water partition coefficient (Wildman–Crippen LogP) is 3.64. The van der Waals surface area contributed by atoms with Crippen LogP contribution in [0.5, 0.6) is 5.75 Å². The minimum absolute atomic E-state index is 0.313. The molecule has 0 aliphatic heterocycles. The average Bonchev–Trinajstić information content (AvgIpc) is 2.49. The maximum Gasteiger partial charge on any atom is 0.141 e. The van der Waals surface area contributed by atoms with Crippen LogP contribution in [0.25, 0.3) is 11.1 Å². The number of aliphatic hydroxyl groups excluding tert-OH is 1. The fourth-order valence-corrected chi connectivity index (χ4v) is 2.48. The second kappa shape index (κ2) is 6.13. The Morgan fingerprint density at radius 3 is 2.71 bits per heavy atom. The maximum atomic E-state index is 9.92. The van der Waals surface area contributed by atoms with Gasteiger partial charge in [-0.25, -0.2) is 4.98 Å². The normalized spacial score (nSPS) is 11.8. The van der Waals surface area contributed by atoms with Crippen molar-refractivity contribution >= 4 is 11.6 Å². The molecule has 1 aromatic carbocycles. The summed E-state index contributed by atoms with van der Waals surface area (Å²) in [5.74, 6) is 0.557. The van der Waals surface area contributed by atoms with E-state index in [9.17, 15) is 5.11 Å². The molecular weight excluding hydrogens is 288 g/mol. The van der Waals surface area contributed by atoms with Gasteiger partial charge in [0.05, 0.1) is 13.2 Å². The second-order valence-electron chi connectivity index (χ2n) is 4.70. The Hall–Kier alpha value is -2.09. The third-order valence-corrected chi connectivity index (χ3v) is 3.71. The van der Waals surface area contributed by atoms with Crippen molar-refractivity contribution in [2.45, 2.75) is 20.0 Å². The van der Waals surface area contributed by atoms with E-state index in [0.717, 1.165) is 16.7 Å². The molecule has 1 N–H and O–H groups in total. The third kappa shape index (κ3) is 2.85. The zero-order valence-corrected chi connectivity index (χ0v) is 12.8. The largest absolute Gasteiger partial charge is 0.496 e. The molecule has 0 amide bonds. The number of rotatable bonds is 3. The lowest BCUT2D eigenvalue weighted by Gasteiger charge is -2.19. The van der Waals surface area contributed by atoms with Crippen LogP contribution in [0.3, 0.4) is 0 Å². The van der Waals surface area contributed by atoms with E-state index in [1.165, 1.54) is 0 Å². The van der Waals surface area contributed by atoms with Crippen molar-refractivity contribution < 1.29 is 9.84 Å². The van der Waals surface area contributed by atoms with Crippen LogP contribution < -0.4 is 4.74 Å². The lowest BCUT2D eigenvalue weighted by Crippen LogP contribution is -2.01. The van der Waals surface area contributed by atoms with Gasteiger partial charge in [-0.15, -0.1) is 0 Å². The first-order valence-electron chi connectivity index (χ1n) is 6.41. The van der Waals surface area contributed by atoms with Crippen LogP contribution in [0.4, 0.5) is 0 Å². The first-order chi connectivity index (χ1) is 9.99. The van der Waals surface area contributed by atoms with Crippen LogP contribution in [-0.4, -0.2) is 17.2 Å². The van der Waals surface area contributed by atoms with Crippen LogP contribution in [0.2, 0.25) is 5.02 Å². The lowest BCUT2D eigenvalue weighted by molar-refractivity contribution is 0.194. The monoisotopic (exact) mass is 302 g/mol. The van der Waals surface area contributed by atoms with E-state index >= 15 is 0 Å². The van der Waals surface area contributed by atoms with Gasteiger partial charge < -0.3 is 9.84 Å². The number of hydrogen-bond donors (Lipinski definition) is 1. The molecule has 1 atom stereocenters. The van der Waals surface area contributed by atoms with Gasteiger partial charge in [-0.05, 0) is 43.2 Å². The summed E-state index contributed by atoms with van der Waals surface area (Å²) in [5.41, 5.74) is 3.29. The quantitative estimate of drug-likeness (QED) is 0.940. The zero-order valence-electron chi connectivity index (χ0n) is 12.0. The van der Waals surface area contributed by atoms with E-state index in [-0.39, 0.29) is 0 Å². The molecule has 0 saturated heterocycles. The summed E-state index contributed by atoms with van der Waals surface area (Å²) in [4.78, 5) is 3.96. The second-order valence-corrected chi connectivity index (χ2v) is 5.11. The molecule has 0 aliphatic rings. The van der Waals surface area contributed by atoms with Crippen LogP contribution in [0, 0.1) is 18.3 Å². The molecule has 0 radical (unpaired) electrons. The number of aromatic nitrogens is 1. The fourth-order valence-electron chi connectivity index (χ4n) is 2.27. The fraction of sp³-hybridized carbons (Fsp3) is 0.250. The molecular formula is C16H15ClN2O2. The van der Waals surface area contributed by atoms with Crippen molar-refractivity contribution in [1.29, 1.82) is 5.26 Å². The van der Waals surface area contributed by atoms with E-state index in [1.807, 2.05) is 13.0 Å². The lowest BCUT2D eigenvalue weighted by atomic mass is 9.94. The van der Waals surface area contributed by atoms with Gasteiger partial charge in [0.1, 0.15) is 17.5 Å². The molecule has 4 nitrogen and oxygen atoms in total. The summed E-state index contributed by atoms with van der Waals surface area (Å²) in [5, 5.41) is 19.5. The Morgan fingerprint density at radius 1 is 1.43 bits per heavy atom. The minimum Gasteiger partial charge on any atom is -0.496 e. The number of methoxy groups -OCH3 is 1. The molecule has 0 saturated carbocycles. The van der Waals surface area contributed by atoms with Gasteiger partial charge in [-0.1, -0.05) is 11.6 Å². The molecule has 0 spiro atoms. The number of nitrogens with zero attached hydrogens (tertiary/aromatic N) is 2. The molecule has 1 aromatic heterocycles. The number of hydrogen-bond acceptors (Lipinski definition) is 4. The Bertz CT molecular complexity index is 721. The van der Waals surface area contributed by atoms with Gasteiger partial charge in [0, 0.05) is 22.3 Å². The molecule has 2 rings (SSSR count). The van der Waals surface area contributed by atoms with Gasteiger partial charge in [0.15, 0.2) is 0 Å². The highest BCUT2D eigenvalue weighted by Gasteiger charge is 2.20. The van der Waals surface area contributed by atoms with Gasteiger partial charge >= 0.3 is 0 Å². The summed E-state index contributed by atoms with van der Waals surface area (Å²) < 4.78 is 5.48. The summed E-state index contributed by atoms with van der Waals surface area (Å²) in [7, 11) is 1.55. The number of nitriles is 1. The summed E-state index contributed by atoms with van der Waals surface area (Å²) in [6, 6.07) is 7.18. The maximum absolute atomic E-state index is 9.92. The van der Waals surface area contributed by atoms with Crippen molar-refractivity contribution in [3.8, 4) is 22.9 Å². The molecule has 0 bridgehead atoms. The van der Waals surface area contributed by atoms with Crippen LogP contribution in [-0.2, 0) is 0 Å². The standard InChI is InChI=1S/C16H15ClN2O2/c1-9-14(17)7-13(10(2)20)16(21-3)15(9)11-4-5-19-12(6-11)8-18/h4-7,10,20H,1-3H3. The van der Waals surface area contributed by atoms with Gasteiger partial charge in [0.2, 0.25) is 0 Å². The highest BCUT2D eigenvalue weighted by atomic mass is 35.5. The summed E-state index contributed by atoms with van der Waals surface area (Å²) in [6.45, 7) is 3.53. The molecule has 108 valence electrons. The molecule has 0 aliphatic carbocycles. The topological polar surface area (TPSA) is 66.1 Å². The SMILES string of the molecule is COc1c(C(C)O)cc(Cl)c(C)c1-c1ccnc(C#N)c1. The Morgan fingerprint density at radius 2 is 2.14 bits per heavy atom. The van der Waals surface area contributed by atoms with Crippen molar-refractivity contribution in [3.63, 3.8) is 0 Å². The van der Waals surface area contributed by atoms with Crippen LogP contribution >= 0.6 is 11.6 Å². The Balaban J connectivity index is 2.80. The molecule has 0 fully saturated rings. The van der Waals surface area contributed by atoms with Gasteiger partial charge in [0.25, 0.3) is 0 Å². The number of aliphatic hydroxyl groups is 1. The van der Waals surface area contributed by atoms with Gasteiger partial charge in [-0.3, -0.25) is 0 Å². The highest BCUT2D eigenvalue weighted by molar-refractivity contribution is 6.32. The van der Waals surface area contributed by atoms with E-state index in [0.29, 0.717) is 22.0 Å². The molecule has 21 heavy (non-hydrogen) atoms. The molecule has 5 heteroatoms. The first kappa shape index (κ1) is 15.3. The molecule has 2 aromatic rings. The summed E-state index contributed by atoms with van der Waals surface area (Å²) >= 11 is 6.27. The van der Waals surface area contributed by atoms with Crippen molar-refractivity contribution in [3.05, 3.63) is 46.2 Å². The van der Waals surface area contributed by atoms with Crippen LogP contribution in [0.1, 0.15) is 29.8 Å². The van der Waals surface area contributed by atoms with Crippen molar-refractivity contribution in [2.75, 3.05) is 7.11 Å². The Kier molecular flexibility index (Phi) is 4.46. The van der Waals surface area contributed by atoms with E-state index in [2.05, 4.69) is 4.98 Å². The first-order valence-corrected chi connectivity index (χ1v) is 6.79. The number of pyridine rings is 1. The zero-order chi connectivity index (χ0) is 15.6. The number of benzene rings is 1. The van der Waals surface area contributed by atoms with Crippen molar-refractivity contribution in [1.82, 2.24) is 4.98 Å². The minimum atomic E-state index is -0.714. The molecule has 1 unspecified atom stereocenters. The van der Waals surface area contributed by atoms with E-state index in [4.69, 9.17) is 21.6 Å². The van der Waals surface area contributed by atoms with E-state index in [1.54, 1.807) is 38.4 Å². The number of halogens is 1. The summed E-state index contributed by atoms with van der Waals surface area (Å²) in [6.07, 6.45) is 0.851. The third-order valence-electron chi connectivity index (χ3n) is 3.32. The highest BCUT2D eigenvalue weighted by Crippen LogP contribution is 2.42. The van der Waals surface area contributed by atoms with Crippen LogP contribution in [0.15, 0.2) is 24.4 Å². The smallest absolute Gasteiger partial charge is 0.141 e. The predicted molar refractivity (Wildman–Crippen MR) is 81.3 cm³/mol. The molecule has 1 heterocycles. The average molecular weight is 303 g/mol. The van der Waals surface area contributed by atoms with Crippen molar-refractivity contribution in [2.24, 2.45) is 0 Å². The number of ether oxygens (including phenoxy) is 1. The van der Waals surface area contributed by atoms with Gasteiger partial charge in [-0.2, -0.15) is 5.26 Å².